The molecule has 2 nitrogen and oxygen atoms in total. The SMILES string of the molecule is CCC(CC)COc1ccc(Br)cc1Cn1cccc1. The van der Waals surface area contributed by atoms with Gasteiger partial charge in [0.2, 0.25) is 0 Å². The zero-order valence-corrected chi connectivity index (χ0v) is 13.8. The molecule has 0 N–H and O–H groups in total. The molecule has 0 amide bonds. The van der Waals surface area contributed by atoms with Gasteiger partial charge in [-0.05, 0) is 36.2 Å². The van der Waals surface area contributed by atoms with Gasteiger partial charge in [0.25, 0.3) is 0 Å². The Morgan fingerprint density at radius 3 is 2.50 bits per heavy atom. The van der Waals surface area contributed by atoms with Gasteiger partial charge in [0.15, 0.2) is 0 Å². The smallest absolute Gasteiger partial charge is 0.124 e. The van der Waals surface area contributed by atoms with Crippen LogP contribution < -0.4 is 4.74 Å². The van der Waals surface area contributed by atoms with Crippen LogP contribution in [0.1, 0.15) is 32.3 Å². The Morgan fingerprint density at radius 1 is 1.15 bits per heavy atom. The van der Waals surface area contributed by atoms with Gasteiger partial charge in [-0.1, -0.05) is 42.6 Å². The first-order chi connectivity index (χ1) is 9.72. The Hall–Kier alpha value is -1.22. The van der Waals surface area contributed by atoms with Gasteiger partial charge in [0, 0.05) is 22.4 Å². The van der Waals surface area contributed by atoms with Crippen molar-refractivity contribution in [2.45, 2.75) is 33.2 Å². The summed E-state index contributed by atoms with van der Waals surface area (Å²) in [4.78, 5) is 0. The van der Waals surface area contributed by atoms with Crippen LogP contribution in [0.25, 0.3) is 0 Å². The number of halogens is 1. The van der Waals surface area contributed by atoms with Crippen molar-refractivity contribution in [3.63, 3.8) is 0 Å². The van der Waals surface area contributed by atoms with Crippen LogP contribution in [0.5, 0.6) is 5.75 Å². The predicted molar refractivity (Wildman–Crippen MR) is 87.2 cm³/mol. The van der Waals surface area contributed by atoms with E-state index in [0.29, 0.717) is 5.92 Å². The van der Waals surface area contributed by atoms with Crippen LogP contribution in [0.15, 0.2) is 47.2 Å². The van der Waals surface area contributed by atoms with Crippen molar-refractivity contribution in [2.24, 2.45) is 5.92 Å². The van der Waals surface area contributed by atoms with E-state index < -0.39 is 0 Å². The minimum absolute atomic E-state index is 0.637. The Kier molecular flexibility index (Phi) is 5.72. The largest absolute Gasteiger partial charge is 0.493 e. The average molecular weight is 336 g/mol. The lowest BCUT2D eigenvalue weighted by Gasteiger charge is -2.17. The molecule has 1 heterocycles. The van der Waals surface area contributed by atoms with E-state index in [1.54, 1.807) is 0 Å². The first-order valence-corrected chi connectivity index (χ1v) is 8.04. The van der Waals surface area contributed by atoms with Gasteiger partial charge in [-0.25, -0.2) is 0 Å². The van der Waals surface area contributed by atoms with Crippen LogP contribution in [-0.2, 0) is 6.54 Å². The molecule has 0 aliphatic rings. The lowest BCUT2D eigenvalue weighted by Crippen LogP contribution is -2.11. The second kappa shape index (κ2) is 7.53. The highest BCUT2D eigenvalue weighted by molar-refractivity contribution is 9.10. The first kappa shape index (κ1) is 15.2. The minimum atomic E-state index is 0.637. The van der Waals surface area contributed by atoms with E-state index in [0.717, 1.165) is 23.4 Å². The number of hydrogen-bond acceptors (Lipinski definition) is 1. The molecule has 1 aromatic heterocycles. The fraction of sp³-hybridized carbons (Fsp3) is 0.412. The quantitative estimate of drug-likeness (QED) is 0.685. The van der Waals surface area contributed by atoms with E-state index in [9.17, 15) is 0 Å². The van der Waals surface area contributed by atoms with Crippen LogP contribution in [0.4, 0.5) is 0 Å². The van der Waals surface area contributed by atoms with Crippen molar-refractivity contribution < 1.29 is 4.74 Å². The van der Waals surface area contributed by atoms with Crippen molar-refractivity contribution in [3.8, 4) is 5.75 Å². The van der Waals surface area contributed by atoms with Crippen molar-refractivity contribution in [1.29, 1.82) is 0 Å². The summed E-state index contributed by atoms with van der Waals surface area (Å²) in [6.45, 7) is 6.08. The van der Waals surface area contributed by atoms with E-state index in [4.69, 9.17) is 4.74 Å². The molecule has 0 aliphatic heterocycles. The average Bonchev–Trinajstić information content (AvgIpc) is 2.95. The second-order valence-electron chi connectivity index (χ2n) is 5.10. The summed E-state index contributed by atoms with van der Waals surface area (Å²) in [7, 11) is 0. The number of rotatable bonds is 7. The molecular weight excluding hydrogens is 314 g/mol. The molecule has 3 heteroatoms. The molecule has 0 bridgehead atoms. The predicted octanol–water partition coefficient (Wildman–Crippen LogP) is 5.11. The maximum atomic E-state index is 6.05. The molecule has 0 fully saturated rings. The lowest BCUT2D eigenvalue weighted by molar-refractivity contribution is 0.238. The maximum Gasteiger partial charge on any atom is 0.124 e. The van der Waals surface area contributed by atoms with E-state index in [-0.39, 0.29) is 0 Å². The molecule has 0 atom stereocenters. The van der Waals surface area contributed by atoms with Gasteiger partial charge in [-0.15, -0.1) is 0 Å². The molecule has 20 heavy (non-hydrogen) atoms. The minimum Gasteiger partial charge on any atom is -0.493 e. The third kappa shape index (κ3) is 4.14. The molecule has 1 aromatic carbocycles. The number of ether oxygens (including phenoxy) is 1. The molecule has 108 valence electrons. The molecule has 2 aromatic rings. The third-order valence-corrected chi connectivity index (χ3v) is 4.16. The summed E-state index contributed by atoms with van der Waals surface area (Å²) >= 11 is 3.54. The number of hydrogen-bond donors (Lipinski definition) is 0. The molecule has 0 spiro atoms. The molecule has 0 aliphatic carbocycles. The maximum absolute atomic E-state index is 6.05. The lowest BCUT2D eigenvalue weighted by atomic mass is 10.1. The normalized spacial score (nSPS) is 11.0. The zero-order valence-electron chi connectivity index (χ0n) is 12.2. The second-order valence-corrected chi connectivity index (χ2v) is 6.02. The van der Waals surface area contributed by atoms with E-state index in [1.165, 1.54) is 18.4 Å². The summed E-state index contributed by atoms with van der Waals surface area (Å²) in [5.74, 6) is 1.63. The fourth-order valence-electron chi connectivity index (χ4n) is 2.22. The number of aromatic nitrogens is 1. The van der Waals surface area contributed by atoms with Gasteiger partial charge in [-0.3, -0.25) is 0 Å². The zero-order chi connectivity index (χ0) is 14.4. The van der Waals surface area contributed by atoms with Gasteiger partial charge in [0.1, 0.15) is 5.75 Å². The Bertz CT molecular complexity index is 518. The van der Waals surface area contributed by atoms with Crippen LogP contribution in [-0.4, -0.2) is 11.2 Å². The molecule has 0 saturated heterocycles. The topological polar surface area (TPSA) is 14.2 Å². The van der Waals surface area contributed by atoms with Crippen LogP contribution >= 0.6 is 15.9 Å². The summed E-state index contributed by atoms with van der Waals surface area (Å²) in [6, 6.07) is 10.3. The monoisotopic (exact) mass is 335 g/mol. The molecule has 0 radical (unpaired) electrons. The fourth-order valence-corrected chi connectivity index (χ4v) is 2.63. The Labute approximate surface area is 129 Å². The van der Waals surface area contributed by atoms with E-state index >= 15 is 0 Å². The summed E-state index contributed by atoms with van der Waals surface area (Å²) in [5, 5.41) is 0. The van der Waals surface area contributed by atoms with Crippen molar-refractivity contribution in [2.75, 3.05) is 6.61 Å². The van der Waals surface area contributed by atoms with Crippen LogP contribution in [0.3, 0.4) is 0 Å². The van der Waals surface area contributed by atoms with Crippen molar-refractivity contribution in [3.05, 3.63) is 52.8 Å². The van der Waals surface area contributed by atoms with E-state index in [2.05, 4.69) is 58.9 Å². The van der Waals surface area contributed by atoms with Gasteiger partial charge in [-0.2, -0.15) is 0 Å². The van der Waals surface area contributed by atoms with Crippen LogP contribution in [0.2, 0.25) is 0 Å². The number of benzene rings is 1. The highest BCUT2D eigenvalue weighted by Crippen LogP contribution is 2.25. The summed E-state index contributed by atoms with van der Waals surface area (Å²) in [6.07, 6.45) is 6.48. The number of nitrogens with zero attached hydrogens (tertiary/aromatic N) is 1. The molecule has 0 saturated carbocycles. The van der Waals surface area contributed by atoms with E-state index in [1.807, 2.05) is 18.2 Å². The molecular formula is C17H22BrNO. The summed E-state index contributed by atoms with van der Waals surface area (Å²) in [5.41, 5.74) is 1.21. The Balaban J connectivity index is 2.11. The first-order valence-electron chi connectivity index (χ1n) is 7.24. The third-order valence-electron chi connectivity index (χ3n) is 3.67. The van der Waals surface area contributed by atoms with Crippen molar-refractivity contribution >= 4 is 15.9 Å². The van der Waals surface area contributed by atoms with Gasteiger partial charge >= 0.3 is 0 Å². The highest BCUT2D eigenvalue weighted by atomic mass is 79.9. The molecule has 2 rings (SSSR count). The molecule has 0 unspecified atom stereocenters. The van der Waals surface area contributed by atoms with Crippen molar-refractivity contribution in [1.82, 2.24) is 4.57 Å². The standard InChI is InChI=1S/C17H22BrNO/c1-3-14(4-2)13-20-17-8-7-16(18)11-15(17)12-19-9-5-6-10-19/h5-11,14H,3-4,12-13H2,1-2H3. The van der Waals surface area contributed by atoms with Crippen LogP contribution in [0, 0.1) is 5.92 Å². The highest BCUT2D eigenvalue weighted by Gasteiger charge is 2.09. The van der Waals surface area contributed by atoms with Gasteiger partial charge in [0.05, 0.1) is 13.2 Å². The van der Waals surface area contributed by atoms with Gasteiger partial charge < -0.3 is 9.30 Å². The Morgan fingerprint density at radius 2 is 1.85 bits per heavy atom. The summed E-state index contributed by atoms with van der Waals surface area (Å²) < 4.78 is 9.30.